The summed E-state index contributed by atoms with van der Waals surface area (Å²) in [6, 6.07) is 13.4. The van der Waals surface area contributed by atoms with E-state index < -0.39 is 0 Å². The highest BCUT2D eigenvalue weighted by Crippen LogP contribution is 2.31. The molecule has 0 saturated carbocycles. The van der Waals surface area contributed by atoms with E-state index in [0.717, 1.165) is 29.8 Å². The summed E-state index contributed by atoms with van der Waals surface area (Å²) in [5, 5.41) is 3.94. The number of hydrogen-bond acceptors (Lipinski definition) is 1. The summed E-state index contributed by atoms with van der Waals surface area (Å²) in [6.45, 7) is 4.20. The van der Waals surface area contributed by atoms with Gasteiger partial charge in [0.25, 0.3) is 0 Å². The van der Waals surface area contributed by atoms with Crippen LogP contribution in [0.5, 0.6) is 0 Å². The van der Waals surface area contributed by atoms with Crippen molar-refractivity contribution in [3.8, 4) is 0 Å². The number of thiocarbonyl (C=S) groups is 1. The summed E-state index contributed by atoms with van der Waals surface area (Å²) in [7, 11) is 0. The van der Waals surface area contributed by atoms with E-state index in [-0.39, 0.29) is 5.82 Å². The van der Waals surface area contributed by atoms with Gasteiger partial charge in [0.05, 0.1) is 0 Å². The van der Waals surface area contributed by atoms with Gasteiger partial charge < -0.3 is 10.2 Å². The lowest BCUT2D eigenvalue weighted by atomic mass is 9.97. The molecular formula is C18H19FN2S. The molecule has 1 unspecified atom stereocenters. The van der Waals surface area contributed by atoms with Crippen LogP contribution in [0.3, 0.4) is 0 Å². The van der Waals surface area contributed by atoms with Crippen LogP contribution in [-0.2, 0) is 6.42 Å². The lowest BCUT2D eigenvalue weighted by Crippen LogP contribution is -2.44. The van der Waals surface area contributed by atoms with E-state index in [1.807, 2.05) is 30.3 Å². The molecule has 0 aromatic heterocycles. The zero-order valence-electron chi connectivity index (χ0n) is 12.8. The number of nitrogens with zero attached hydrogens (tertiary/aromatic N) is 1. The Morgan fingerprint density at radius 1 is 1.23 bits per heavy atom. The van der Waals surface area contributed by atoms with Gasteiger partial charge in [-0.05, 0) is 74.8 Å². The van der Waals surface area contributed by atoms with Gasteiger partial charge in [0, 0.05) is 17.4 Å². The fourth-order valence-corrected chi connectivity index (χ4v) is 3.25. The lowest BCUT2D eigenvalue weighted by Gasteiger charge is -2.37. The van der Waals surface area contributed by atoms with Crippen molar-refractivity contribution >= 4 is 28.7 Å². The topological polar surface area (TPSA) is 15.3 Å². The van der Waals surface area contributed by atoms with Gasteiger partial charge in [0.15, 0.2) is 5.11 Å². The molecule has 22 heavy (non-hydrogen) atoms. The smallest absolute Gasteiger partial charge is 0.178 e. The number of benzene rings is 2. The van der Waals surface area contributed by atoms with Crippen LogP contribution < -0.4 is 10.2 Å². The van der Waals surface area contributed by atoms with Gasteiger partial charge in [-0.1, -0.05) is 17.7 Å². The van der Waals surface area contributed by atoms with Crippen LogP contribution in [0, 0.1) is 12.7 Å². The minimum Gasteiger partial charge on any atom is -0.332 e. The van der Waals surface area contributed by atoms with Gasteiger partial charge in [-0.25, -0.2) is 4.39 Å². The average molecular weight is 314 g/mol. The number of nitrogens with one attached hydrogen (secondary N) is 1. The molecule has 0 aliphatic carbocycles. The first-order valence-electron chi connectivity index (χ1n) is 7.50. The molecule has 1 atom stereocenters. The van der Waals surface area contributed by atoms with Gasteiger partial charge in [-0.15, -0.1) is 0 Å². The summed E-state index contributed by atoms with van der Waals surface area (Å²) < 4.78 is 13.4. The van der Waals surface area contributed by atoms with Gasteiger partial charge in [-0.2, -0.15) is 0 Å². The van der Waals surface area contributed by atoms with E-state index in [2.05, 4.69) is 24.1 Å². The van der Waals surface area contributed by atoms with Crippen molar-refractivity contribution in [2.24, 2.45) is 0 Å². The molecule has 3 rings (SSSR count). The minimum atomic E-state index is -0.189. The van der Waals surface area contributed by atoms with E-state index in [4.69, 9.17) is 12.2 Å². The predicted molar refractivity (Wildman–Crippen MR) is 94.1 cm³/mol. The Morgan fingerprint density at radius 3 is 2.68 bits per heavy atom. The minimum absolute atomic E-state index is 0.189. The first kappa shape index (κ1) is 15.0. The van der Waals surface area contributed by atoms with E-state index in [1.165, 1.54) is 11.6 Å². The molecule has 0 fully saturated rings. The van der Waals surface area contributed by atoms with Crippen LogP contribution >= 0.6 is 12.2 Å². The molecule has 0 amide bonds. The summed E-state index contributed by atoms with van der Waals surface area (Å²) in [5.74, 6) is -0.189. The highest BCUT2D eigenvalue weighted by atomic mass is 32.1. The molecular weight excluding hydrogens is 295 g/mol. The molecule has 114 valence electrons. The van der Waals surface area contributed by atoms with Crippen molar-refractivity contribution < 1.29 is 4.39 Å². The number of anilines is 2. The molecule has 1 heterocycles. The normalized spacial score (nSPS) is 17.0. The maximum atomic E-state index is 13.4. The molecule has 1 aliphatic heterocycles. The second kappa shape index (κ2) is 6.05. The Kier molecular flexibility index (Phi) is 4.12. The number of aryl methyl sites for hydroxylation is 2. The van der Waals surface area contributed by atoms with Crippen molar-refractivity contribution in [2.75, 3.05) is 10.2 Å². The second-order valence-electron chi connectivity index (χ2n) is 5.83. The van der Waals surface area contributed by atoms with Crippen molar-refractivity contribution in [3.05, 3.63) is 59.4 Å². The van der Waals surface area contributed by atoms with Crippen LogP contribution in [0.25, 0.3) is 0 Å². The maximum absolute atomic E-state index is 13.4. The molecule has 0 spiro atoms. The molecule has 2 aromatic rings. The quantitative estimate of drug-likeness (QED) is 0.770. The van der Waals surface area contributed by atoms with Crippen LogP contribution in [0.2, 0.25) is 0 Å². The monoisotopic (exact) mass is 314 g/mol. The van der Waals surface area contributed by atoms with Gasteiger partial charge in [0.2, 0.25) is 0 Å². The highest BCUT2D eigenvalue weighted by molar-refractivity contribution is 7.80. The van der Waals surface area contributed by atoms with E-state index in [9.17, 15) is 4.39 Å². The van der Waals surface area contributed by atoms with E-state index >= 15 is 0 Å². The predicted octanol–water partition coefficient (Wildman–Crippen LogP) is 4.67. The first-order chi connectivity index (χ1) is 10.5. The molecule has 0 saturated heterocycles. The summed E-state index contributed by atoms with van der Waals surface area (Å²) in [5.41, 5.74) is 4.21. The zero-order valence-corrected chi connectivity index (χ0v) is 13.6. The van der Waals surface area contributed by atoms with Crippen molar-refractivity contribution in [2.45, 2.75) is 32.7 Å². The fraction of sp³-hybridized carbons (Fsp3) is 0.278. The molecule has 2 nitrogen and oxygen atoms in total. The molecule has 1 N–H and O–H groups in total. The molecule has 2 aromatic carbocycles. The summed E-state index contributed by atoms with van der Waals surface area (Å²) in [6.07, 6.45) is 1.85. The largest absolute Gasteiger partial charge is 0.332 e. The second-order valence-corrected chi connectivity index (χ2v) is 6.21. The average Bonchev–Trinajstić information content (AvgIpc) is 2.49. The maximum Gasteiger partial charge on any atom is 0.178 e. The zero-order chi connectivity index (χ0) is 15.7. The van der Waals surface area contributed by atoms with Crippen molar-refractivity contribution in [3.63, 3.8) is 0 Å². The van der Waals surface area contributed by atoms with Crippen LogP contribution in [0.1, 0.15) is 24.5 Å². The third-order valence-corrected chi connectivity index (χ3v) is 4.39. The molecule has 4 heteroatoms. The van der Waals surface area contributed by atoms with Crippen molar-refractivity contribution in [1.82, 2.24) is 0 Å². The molecule has 1 aliphatic rings. The van der Waals surface area contributed by atoms with Gasteiger partial charge in [-0.3, -0.25) is 0 Å². The number of rotatable bonds is 1. The standard InChI is InChI=1S/C18H19FN2S/c1-12-3-8-16(9-4-12)20-18(22)21-13(2)5-6-14-11-15(19)7-10-17(14)21/h3-4,7-11,13H,5-6H2,1-2H3,(H,20,22). The van der Waals surface area contributed by atoms with E-state index in [1.54, 1.807) is 6.07 Å². The number of fused-ring (bicyclic) bond motifs is 1. The number of hydrogen-bond donors (Lipinski definition) is 1. The summed E-state index contributed by atoms with van der Waals surface area (Å²) >= 11 is 5.60. The number of halogens is 1. The van der Waals surface area contributed by atoms with Crippen LogP contribution in [0.15, 0.2) is 42.5 Å². The van der Waals surface area contributed by atoms with Gasteiger partial charge >= 0.3 is 0 Å². The lowest BCUT2D eigenvalue weighted by molar-refractivity contribution is 0.604. The van der Waals surface area contributed by atoms with Gasteiger partial charge in [0.1, 0.15) is 5.82 Å². The Morgan fingerprint density at radius 2 is 1.95 bits per heavy atom. The SMILES string of the molecule is Cc1ccc(NC(=S)N2c3ccc(F)cc3CCC2C)cc1. The Hall–Kier alpha value is -1.94. The molecule has 0 bridgehead atoms. The van der Waals surface area contributed by atoms with E-state index in [0.29, 0.717) is 11.2 Å². The third-order valence-electron chi connectivity index (χ3n) is 4.09. The van der Waals surface area contributed by atoms with Crippen LogP contribution in [0.4, 0.5) is 15.8 Å². The van der Waals surface area contributed by atoms with Crippen LogP contribution in [-0.4, -0.2) is 11.2 Å². The Bertz CT molecular complexity index is 697. The fourth-order valence-electron chi connectivity index (χ4n) is 2.85. The molecule has 0 radical (unpaired) electrons. The van der Waals surface area contributed by atoms with Crippen molar-refractivity contribution in [1.29, 1.82) is 0 Å². The Labute approximate surface area is 136 Å². The Balaban J connectivity index is 1.87. The third kappa shape index (κ3) is 2.97. The highest BCUT2D eigenvalue weighted by Gasteiger charge is 2.26. The summed E-state index contributed by atoms with van der Waals surface area (Å²) in [4.78, 5) is 2.09. The first-order valence-corrected chi connectivity index (χ1v) is 7.91.